The van der Waals surface area contributed by atoms with Crippen molar-refractivity contribution in [2.24, 2.45) is 5.92 Å². The zero-order valence-electron chi connectivity index (χ0n) is 17.3. The van der Waals surface area contributed by atoms with Crippen LogP contribution in [0.2, 0.25) is 0 Å². The van der Waals surface area contributed by atoms with Gasteiger partial charge in [0.25, 0.3) is 0 Å². The van der Waals surface area contributed by atoms with Gasteiger partial charge in [-0.3, -0.25) is 9.32 Å². The molecule has 0 spiro atoms. The predicted octanol–water partition coefficient (Wildman–Crippen LogP) is 3.18. The van der Waals surface area contributed by atoms with Crippen LogP contribution in [0.3, 0.4) is 0 Å². The third-order valence-corrected chi connectivity index (χ3v) is 7.38. The Morgan fingerprint density at radius 2 is 1.87 bits per heavy atom. The van der Waals surface area contributed by atoms with Crippen molar-refractivity contribution in [2.75, 3.05) is 6.61 Å². The van der Waals surface area contributed by atoms with Gasteiger partial charge in [0.15, 0.2) is 0 Å². The quantitative estimate of drug-likeness (QED) is 0.396. The molecular formula is C21H32NO7P. The van der Waals surface area contributed by atoms with Crippen molar-refractivity contribution in [3.05, 3.63) is 30.3 Å². The zero-order chi connectivity index (χ0) is 21.6. The summed E-state index contributed by atoms with van der Waals surface area (Å²) in [5.41, 5.74) is 0. The molecule has 0 bridgehead atoms. The van der Waals surface area contributed by atoms with E-state index in [1.807, 2.05) is 0 Å². The number of nitrogens with one attached hydrogen (secondary N) is 1. The number of carbonyl (C=O) groups is 1. The van der Waals surface area contributed by atoms with Gasteiger partial charge in [-0.2, -0.15) is 5.09 Å². The lowest BCUT2D eigenvalue weighted by Gasteiger charge is -2.27. The molecule has 8 nitrogen and oxygen atoms in total. The van der Waals surface area contributed by atoms with E-state index in [2.05, 4.69) is 5.09 Å². The monoisotopic (exact) mass is 441 g/mol. The van der Waals surface area contributed by atoms with Gasteiger partial charge in [-0.05, 0) is 51.2 Å². The number of benzene rings is 1. The van der Waals surface area contributed by atoms with Gasteiger partial charge in [-0.25, -0.2) is 4.57 Å². The maximum absolute atomic E-state index is 13.5. The lowest BCUT2D eigenvalue weighted by atomic mass is 9.98. The Hall–Kier alpha value is -1.44. The largest absolute Gasteiger partial charge is 0.461 e. The summed E-state index contributed by atoms with van der Waals surface area (Å²) in [7, 11) is -3.96. The van der Waals surface area contributed by atoms with Crippen LogP contribution in [0, 0.1) is 5.92 Å². The van der Waals surface area contributed by atoms with E-state index in [1.54, 1.807) is 37.3 Å². The summed E-state index contributed by atoms with van der Waals surface area (Å²) in [4.78, 5) is 12.5. The molecule has 1 aromatic carbocycles. The molecule has 1 aromatic rings. The third-order valence-electron chi connectivity index (χ3n) is 5.65. The van der Waals surface area contributed by atoms with Crippen LogP contribution in [-0.2, 0) is 18.6 Å². The minimum absolute atomic E-state index is 0.110. The number of hydrogen-bond acceptors (Lipinski definition) is 7. The van der Waals surface area contributed by atoms with Crippen LogP contribution in [0.5, 0.6) is 5.75 Å². The smallest absolute Gasteiger partial charge is 0.459 e. The lowest BCUT2D eigenvalue weighted by Crippen LogP contribution is -2.38. The van der Waals surface area contributed by atoms with Crippen molar-refractivity contribution in [3.63, 3.8) is 0 Å². The summed E-state index contributed by atoms with van der Waals surface area (Å²) < 4.78 is 30.5. The van der Waals surface area contributed by atoms with Gasteiger partial charge in [0.2, 0.25) is 0 Å². The molecule has 0 radical (unpaired) electrons. The average molecular weight is 441 g/mol. The van der Waals surface area contributed by atoms with E-state index in [0.29, 0.717) is 12.2 Å². The number of hydrogen-bond donors (Lipinski definition) is 3. The van der Waals surface area contributed by atoms with Gasteiger partial charge < -0.3 is 19.5 Å². The minimum atomic E-state index is -3.96. The molecular weight excluding hydrogens is 409 g/mol. The van der Waals surface area contributed by atoms with E-state index in [1.165, 1.54) is 0 Å². The van der Waals surface area contributed by atoms with Crippen molar-refractivity contribution in [1.82, 2.24) is 5.09 Å². The van der Waals surface area contributed by atoms with Crippen LogP contribution >= 0.6 is 7.75 Å². The second-order valence-electron chi connectivity index (χ2n) is 8.16. The van der Waals surface area contributed by atoms with Crippen molar-refractivity contribution >= 4 is 13.7 Å². The molecule has 9 heteroatoms. The Bertz CT molecular complexity index is 725. The fraction of sp³-hybridized carbons (Fsp3) is 0.667. The van der Waals surface area contributed by atoms with Gasteiger partial charge in [-0.15, -0.1) is 0 Å². The first-order valence-electron chi connectivity index (χ1n) is 10.7. The first kappa shape index (κ1) is 23.2. The molecule has 2 saturated carbocycles. The van der Waals surface area contributed by atoms with Crippen molar-refractivity contribution in [1.29, 1.82) is 0 Å². The van der Waals surface area contributed by atoms with Crippen LogP contribution in [0.4, 0.5) is 0 Å². The van der Waals surface area contributed by atoms with Gasteiger partial charge in [0, 0.05) is 18.9 Å². The van der Waals surface area contributed by atoms with E-state index in [-0.39, 0.29) is 25.0 Å². The average Bonchev–Trinajstić information content (AvgIpc) is 3.07. The zero-order valence-corrected chi connectivity index (χ0v) is 18.2. The number of rotatable bonds is 9. The summed E-state index contributed by atoms with van der Waals surface area (Å²) in [5.74, 6) is -0.505. The Labute approximate surface area is 177 Å². The molecule has 3 N–H and O–H groups in total. The summed E-state index contributed by atoms with van der Waals surface area (Å²) >= 11 is 0. The van der Waals surface area contributed by atoms with Crippen LogP contribution in [0.1, 0.15) is 51.9 Å². The maximum atomic E-state index is 13.5. The van der Waals surface area contributed by atoms with Gasteiger partial charge in [0.05, 0.1) is 12.2 Å². The minimum Gasteiger partial charge on any atom is -0.461 e. The van der Waals surface area contributed by atoms with E-state index in [9.17, 15) is 19.6 Å². The van der Waals surface area contributed by atoms with Gasteiger partial charge in [0.1, 0.15) is 17.9 Å². The molecule has 2 aliphatic rings. The lowest BCUT2D eigenvalue weighted by molar-refractivity contribution is -0.152. The Kier molecular flexibility index (Phi) is 8.31. The number of ether oxygens (including phenoxy) is 1. The number of para-hydroxylation sites is 1. The maximum Gasteiger partial charge on any atom is 0.459 e. The topological polar surface area (TPSA) is 114 Å². The second kappa shape index (κ2) is 10.7. The molecule has 3 rings (SSSR count). The molecule has 168 valence electrons. The molecule has 30 heavy (non-hydrogen) atoms. The number of carbonyl (C=O) groups excluding carboxylic acids is 1. The first-order chi connectivity index (χ1) is 14.4. The normalized spacial score (nSPS) is 27.9. The Morgan fingerprint density at radius 1 is 1.17 bits per heavy atom. The van der Waals surface area contributed by atoms with Crippen LogP contribution in [0.15, 0.2) is 30.3 Å². The summed E-state index contributed by atoms with van der Waals surface area (Å²) in [6.45, 7) is 1.39. The molecule has 2 fully saturated rings. The first-order valence-corrected chi connectivity index (χ1v) is 12.2. The van der Waals surface area contributed by atoms with Crippen LogP contribution in [0.25, 0.3) is 0 Å². The van der Waals surface area contributed by atoms with Crippen molar-refractivity contribution < 1.29 is 33.4 Å². The molecule has 0 aliphatic heterocycles. The molecule has 0 aromatic heterocycles. The summed E-state index contributed by atoms with van der Waals surface area (Å²) in [5, 5.41) is 22.1. The molecule has 0 saturated heterocycles. The highest BCUT2D eigenvalue weighted by atomic mass is 31.2. The molecule has 0 amide bonds. The highest BCUT2D eigenvalue weighted by Gasteiger charge is 2.41. The van der Waals surface area contributed by atoms with E-state index in [0.717, 1.165) is 32.1 Å². The SMILES string of the molecule is C[C@H](NP(=O)(Oc1ccccc1)OC1C[C@H](CO)[C@@H](O)C1)C(=O)OC1CCCCC1. The standard InChI is InChI=1S/C21H32NO7P/c1-15(21(25)27-17-8-4-2-5-9-17)22-30(26,28-18-10-6-3-7-11-18)29-19-12-16(14-23)20(24)13-19/h3,6-7,10-11,15-17,19-20,23-24H,2,4-5,8-9,12-14H2,1H3,(H,22,26)/t15-,16+,19?,20-,30?/m0/s1. The fourth-order valence-electron chi connectivity index (χ4n) is 3.97. The molecule has 0 heterocycles. The number of aliphatic hydroxyl groups is 2. The summed E-state index contributed by atoms with van der Waals surface area (Å²) in [6.07, 6.45) is 4.07. The van der Waals surface area contributed by atoms with E-state index >= 15 is 0 Å². The number of aliphatic hydroxyl groups excluding tert-OH is 2. The van der Waals surface area contributed by atoms with Gasteiger partial charge in [-0.1, -0.05) is 24.6 Å². The van der Waals surface area contributed by atoms with Crippen molar-refractivity contribution in [2.45, 2.75) is 76.2 Å². The Morgan fingerprint density at radius 3 is 2.50 bits per heavy atom. The predicted molar refractivity (Wildman–Crippen MR) is 111 cm³/mol. The van der Waals surface area contributed by atoms with E-state index in [4.69, 9.17) is 13.8 Å². The molecule has 5 atom stereocenters. The van der Waals surface area contributed by atoms with Crippen LogP contribution < -0.4 is 9.61 Å². The van der Waals surface area contributed by atoms with Crippen LogP contribution in [-0.4, -0.2) is 47.1 Å². The van der Waals surface area contributed by atoms with Crippen molar-refractivity contribution in [3.8, 4) is 5.75 Å². The third kappa shape index (κ3) is 6.53. The van der Waals surface area contributed by atoms with Gasteiger partial charge >= 0.3 is 13.7 Å². The number of esters is 1. The highest BCUT2D eigenvalue weighted by Crippen LogP contribution is 2.49. The Balaban J connectivity index is 1.67. The molecule has 2 aliphatic carbocycles. The second-order valence-corrected chi connectivity index (χ2v) is 9.80. The molecule has 2 unspecified atom stereocenters. The highest BCUT2D eigenvalue weighted by molar-refractivity contribution is 7.52. The summed E-state index contributed by atoms with van der Waals surface area (Å²) in [6, 6.07) is 7.66. The fourth-order valence-corrected chi connectivity index (χ4v) is 5.67. The van der Waals surface area contributed by atoms with E-state index < -0.39 is 32.0 Å².